The lowest BCUT2D eigenvalue weighted by molar-refractivity contribution is 1.07. The number of fused-ring (bicyclic) bond motifs is 4. The Kier molecular flexibility index (Phi) is 7.15. The monoisotopic (exact) mass is 636 g/mol. The topological polar surface area (TPSA) is 62.5 Å². The van der Waals surface area contributed by atoms with E-state index in [1.165, 1.54) is 37.9 Å². The van der Waals surface area contributed by atoms with Crippen molar-refractivity contribution in [2.24, 2.45) is 0 Å². The summed E-state index contributed by atoms with van der Waals surface area (Å²) in [6, 6.07) is 60.6. The summed E-state index contributed by atoms with van der Waals surface area (Å²) in [4.78, 5) is 15.1. The molecule has 50 heavy (non-hydrogen) atoms. The van der Waals surface area contributed by atoms with Gasteiger partial charge in [0.15, 0.2) is 17.5 Å². The van der Waals surface area contributed by atoms with Crippen molar-refractivity contribution >= 4 is 32.3 Å². The van der Waals surface area contributed by atoms with Crippen LogP contribution in [0.3, 0.4) is 0 Å². The van der Waals surface area contributed by atoms with E-state index in [0.29, 0.717) is 23.0 Å². The molecule has 0 bridgehead atoms. The normalized spacial score (nSPS) is 11.2. The summed E-state index contributed by atoms with van der Waals surface area (Å²) in [6.45, 7) is 0. The molecular weight excluding hydrogens is 609 g/mol. The van der Waals surface area contributed by atoms with Crippen LogP contribution in [-0.4, -0.2) is 15.0 Å². The maximum Gasteiger partial charge on any atom is 0.164 e. The molecule has 0 aliphatic heterocycles. The van der Waals surface area contributed by atoms with Crippen LogP contribution in [0.1, 0.15) is 5.56 Å². The van der Waals surface area contributed by atoms with Gasteiger partial charge in [-0.05, 0) is 84.9 Å². The third kappa shape index (κ3) is 5.15. The van der Waals surface area contributed by atoms with E-state index in [1.54, 1.807) is 12.1 Å². The largest absolute Gasteiger partial charge is 0.208 e. The van der Waals surface area contributed by atoms with Crippen LogP contribution in [0.2, 0.25) is 0 Å². The third-order valence-electron chi connectivity index (χ3n) is 9.36. The molecule has 0 saturated heterocycles. The third-order valence-corrected chi connectivity index (χ3v) is 9.36. The summed E-state index contributed by atoms with van der Waals surface area (Å²) in [5.74, 6) is 1.72. The Morgan fingerprint density at radius 1 is 0.360 bits per heavy atom. The zero-order chi connectivity index (χ0) is 33.4. The van der Waals surface area contributed by atoms with Gasteiger partial charge < -0.3 is 0 Å². The maximum absolute atomic E-state index is 9.40. The Labute approximate surface area is 289 Å². The van der Waals surface area contributed by atoms with Gasteiger partial charge in [-0.25, -0.2) is 15.0 Å². The molecule has 4 heteroatoms. The summed E-state index contributed by atoms with van der Waals surface area (Å²) >= 11 is 0. The van der Waals surface area contributed by atoms with Crippen LogP contribution in [0.25, 0.3) is 88.7 Å². The second kappa shape index (κ2) is 12.2. The van der Waals surface area contributed by atoms with Crippen LogP contribution < -0.4 is 0 Å². The highest BCUT2D eigenvalue weighted by molar-refractivity contribution is 6.20. The van der Waals surface area contributed by atoms with Crippen molar-refractivity contribution in [1.29, 1.82) is 5.26 Å². The summed E-state index contributed by atoms with van der Waals surface area (Å²) in [5.41, 5.74) is 7.68. The van der Waals surface area contributed by atoms with Crippen molar-refractivity contribution in [3.8, 4) is 62.5 Å². The van der Waals surface area contributed by atoms with Gasteiger partial charge in [0.25, 0.3) is 0 Å². The number of aromatic nitrogens is 3. The van der Waals surface area contributed by atoms with Crippen molar-refractivity contribution in [3.05, 3.63) is 175 Å². The zero-order valence-electron chi connectivity index (χ0n) is 27.0. The van der Waals surface area contributed by atoms with E-state index in [-0.39, 0.29) is 0 Å². The van der Waals surface area contributed by atoms with E-state index in [1.807, 2.05) is 42.5 Å². The second-order valence-corrected chi connectivity index (χ2v) is 12.3. The lowest BCUT2D eigenvalue weighted by Crippen LogP contribution is -2.01. The van der Waals surface area contributed by atoms with Crippen molar-refractivity contribution in [3.63, 3.8) is 0 Å². The van der Waals surface area contributed by atoms with Crippen LogP contribution in [-0.2, 0) is 0 Å². The van der Waals surface area contributed by atoms with Crippen LogP contribution in [0, 0.1) is 11.3 Å². The van der Waals surface area contributed by atoms with Crippen molar-refractivity contribution in [2.45, 2.75) is 0 Å². The molecule has 0 radical (unpaired) electrons. The van der Waals surface area contributed by atoms with Crippen molar-refractivity contribution < 1.29 is 0 Å². The minimum absolute atomic E-state index is 0.549. The highest BCUT2D eigenvalue weighted by atomic mass is 15.0. The van der Waals surface area contributed by atoms with Gasteiger partial charge in [-0.15, -0.1) is 0 Å². The van der Waals surface area contributed by atoms with Gasteiger partial charge in [0.2, 0.25) is 0 Å². The highest BCUT2D eigenvalue weighted by Crippen LogP contribution is 2.40. The lowest BCUT2D eigenvalue weighted by atomic mass is 9.89. The van der Waals surface area contributed by atoms with Gasteiger partial charge in [-0.3, -0.25) is 0 Å². The smallest absolute Gasteiger partial charge is 0.164 e. The summed E-state index contributed by atoms with van der Waals surface area (Å²) in [5, 5.41) is 16.8. The molecule has 0 amide bonds. The first-order chi connectivity index (χ1) is 24.7. The molecule has 0 atom stereocenters. The Hall–Kier alpha value is -6.96. The lowest BCUT2D eigenvalue weighted by Gasteiger charge is -2.15. The highest BCUT2D eigenvalue weighted by Gasteiger charge is 2.17. The van der Waals surface area contributed by atoms with E-state index in [2.05, 4.69) is 121 Å². The van der Waals surface area contributed by atoms with Gasteiger partial charge in [-0.2, -0.15) is 5.26 Å². The number of hydrogen-bond acceptors (Lipinski definition) is 4. The molecule has 0 fully saturated rings. The van der Waals surface area contributed by atoms with Crippen LogP contribution >= 0.6 is 0 Å². The molecule has 0 aliphatic carbocycles. The quantitative estimate of drug-likeness (QED) is 0.139. The summed E-state index contributed by atoms with van der Waals surface area (Å²) in [6.07, 6.45) is 0. The van der Waals surface area contributed by atoms with E-state index >= 15 is 0 Å². The first kappa shape index (κ1) is 29.2. The van der Waals surface area contributed by atoms with Gasteiger partial charge in [0.1, 0.15) is 0 Å². The van der Waals surface area contributed by atoms with E-state index in [9.17, 15) is 5.26 Å². The van der Waals surface area contributed by atoms with E-state index in [0.717, 1.165) is 33.4 Å². The average molecular weight is 637 g/mol. The van der Waals surface area contributed by atoms with Gasteiger partial charge in [0.05, 0.1) is 11.6 Å². The minimum atomic E-state index is 0.549. The number of nitriles is 1. The fraction of sp³-hybridized carbons (Fsp3) is 0. The van der Waals surface area contributed by atoms with Crippen LogP contribution in [0.4, 0.5) is 0 Å². The summed E-state index contributed by atoms with van der Waals surface area (Å²) < 4.78 is 0. The average Bonchev–Trinajstić information content (AvgIpc) is 3.20. The molecular formula is C46H28N4. The fourth-order valence-corrected chi connectivity index (χ4v) is 6.91. The number of nitrogens with zero attached hydrogens (tertiary/aromatic N) is 4. The van der Waals surface area contributed by atoms with Crippen molar-refractivity contribution in [2.75, 3.05) is 0 Å². The molecule has 0 aliphatic rings. The number of rotatable bonds is 5. The molecule has 0 N–H and O–H groups in total. The fourth-order valence-electron chi connectivity index (χ4n) is 6.91. The van der Waals surface area contributed by atoms with Crippen LogP contribution in [0.15, 0.2) is 170 Å². The maximum atomic E-state index is 9.40. The Bertz CT molecular complexity index is 2740. The predicted molar refractivity (Wildman–Crippen MR) is 204 cm³/mol. The molecule has 232 valence electrons. The van der Waals surface area contributed by atoms with Crippen LogP contribution in [0.5, 0.6) is 0 Å². The molecule has 0 unspecified atom stereocenters. The first-order valence-corrected chi connectivity index (χ1v) is 16.6. The van der Waals surface area contributed by atoms with E-state index < -0.39 is 0 Å². The molecule has 1 heterocycles. The zero-order valence-corrected chi connectivity index (χ0v) is 27.0. The van der Waals surface area contributed by atoms with Gasteiger partial charge in [-0.1, -0.05) is 140 Å². The molecule has 0 spiro atoms. The number of hydrogen-bond donors (Lipinski definition) is 0. The van der Waals surface area contributed by atoms with Gasteiger partial charge >= 0.3 is 0 Å². The second-order valence-electron chi connectivity index (χ2n) is 12.3. The number of benzene rings is 8. The molecule has 0 saturated carbocycles. The Balaban J connectivity index is 1.21. The predicted octanol–water partition coefficient (Wildman–Crippen LogP) is 11.5. The van der Waals surface area contributed by atoms with E-state index in [4.69, 9.17) is 15.0 Å². The first-order valence-electron chi connectivity index (χ1n) is 16.6. The molecule has 4 nitrogen and oxygen atoms in total. The summed E-state index contributed by atoms with van der Waals surface area (Å²) in [7, 11) is 0. The molecule has 9 aromatic rings. The SMILES string of the molecule is N#Cc1ccc(-c2nc(-c3ccc(-c4c5ccccc5cc5c4ccc4ccccc45)cc3)nc(-c3ccccc3-c3ccccc3)n2)cc1. The van der Waals surface area contributed by atoms with Gasteiger partial charge in [0, 0.05) is 16.7 Å². The van der Waals surface area contributed by atoms with Crippen molar-refractivity contribution in [1.82, 2.24) is 15.0 Å². The molecule has 1 aromatic heterocycles. The Morgan fingerprint density at radius 2 is 0.920 bits per heavy atom. The minimum Gasteiger partial charge on any atom is -0.208 e. The Morgan fingerprint density at radius 3 is 1.64 bits per heavy atom. The molecule has 8 aromatic carbocycles. The molecule has 9 rings (SSSR count). The standard InChI is InChI=1S/C46H28N4/c47-29-30-18-20-34(21-19-30)44-48-45(50-46(49-44)41-17-9-8-14-37(41)31-10-2-1-3-11-31)35-24-22-33(23-25-35)43-39-16-7-5-13-36(39)28-42-38-15-6-4-12-32(38)26-27-40(42)43/h1-28H.